The van der Waals surface area contributed by atoms with Crippen LogP contribution in [0.25, 0.3) is 12.2 Å². The Kier molecular flexibility index (Phi) is 2.87. The standard InChI is InChI=1S/C13H11NO2/c15-13(16)12-8-11(9-14-12)7-6-10-4-2-1-3-5-10/h1-9,14H,(H,15,16). The second-order valence-corrected chi connectivity index (χ2v) is 3.40. The van der Waals surface area contributed by atoms with E-state index in [1.54, 1.807) is 12.3 Å². The summed E-state index contributed by atoms with van der Waals surface area (Å²) in [5.41, 5.74) is 2.13. The fourth-order valence-corrected chi connectivity index (χ4v) is 1.39. The Labute approximate surface area is 93.1 Å². The van der Waals surface area contributed by atoms with Gasteiger partial charge >= 0.3 is 5.97 Å². The van der Waals surface area contributed by atoms with E-state index in [-0.39, 0.29) is 5.69 Å². The molecule has 1 heterocycles. The Hall–Kier alpha value is -2.29. The van der Waals surface area contributed by atoms with E-state index in [4.69, 9.17) is 5.11 Å². The molecule has 0 aliphatic carbocycles. The van der Waals surface area contributed by atoms with Crippen LogP contribution in [-0.4, -0.2) is 16.1 Å². The van der Waals surface area contributed by atoms with Crippen LogP contribution in [0, 0.1) is 0 Å². The lowest BCUT2D eigenvalue weighted by Crippen LogP contribution is -1.94. The molecule has 1 aromatic carbocycles. The average molecular weight is 213 g/mol. The summed E-state index contributed by atoms with van der Waals surface area (Å²) < 4.78 is 0. The van der Waals surface area contributed by atoms with Crippen molar-refractivity contribution < 1.29 is 9.90 Å². The molecule has 0 bridgehead atoms. The molecule has 2 N–H and O–H groups in total. The summed E-state index contributed by atoms with van der Waals surface area (Å²) in [6, 6.07) is 11.4. The first-order valence-corrected chi connectivity index (χ1v) is 4.90. The third-order valence-electron chi connectivity index (χ3n) is 2.20. The van der Waals surface area contributed by atoms with E-state index in [1.165, 1.54) is 0 Å². The monoisotopic (exact) mass is 213 g/mol. The van der Waals surface area contributed by atoms with Crippen LogP contribution in [0.3, 0.4) is 0 Å². The molecule has 0 unspecified atom stereocenters. The van der Waals surface area contributed by atoms with Crippen molar-refractivity contribution in [2.75, 3.05) is 0 Å². The van der Waals surface area contributed by atoms with Crippen LogP contribution in [0.2, 0.25) is 0 Å². The van der Waals surface area contributed by atoms with Gasteiger partial charge in [0, 0.05) is 6.20 Å². The van der Waals surface area contributed by atoms with Gasteiger partial charge in [-0.3, -0.25) is 0 Å². The molecule has 0 spiro atoms. The van der Waals surface area contributed by atoms with Gasteiger partial charge in [0.2, 0.25) is 0 Å². The van der Waals surface area contributed by atoms with Crippen molar-refractivity contribution >= 4 is 18.1 Å². The summed E-state index contributed by atoms with van der Waals surface area (Å²) in [5, 5.41) is 8.73. The van der Waals surface area contributed by atoms with Crippen molar-refractivity contribution in [3.05, 3.63) is 59.4 Å². The Morgan fingerprint density at radius 3 is 2.44 bits per heavy atom. The highest BCUT2D eigenvalue weighted by atomic mass is 16.4. The van der Waals surface area contributed by atoms with E-state index in [0.29, 0.717) is 0 Å². The topological polar surface area (TPSA) is 53.1 Å². The molecule has 2 aromatic rings. The van der Waals surface area contributed by atoms with Crippen molar-refractivity contribution in [3.8, 4) is 0 Å². The van der Waals surface area contributed by atoms with E-state index < -0.39 is 5.97 Å². The van der Waals surface area contributed by atoms with Gasteiger partial charge in [-0.15, -0.1) is 0 Å². The van der Waals surface area contributed by atoms with Gasteiger partial charge in [-0.2, -0.15) is 0 Å². The van der Waals surface area contributed by atoms with E-state index in [2.05, 4.69) is 4.98 Å². The van der Waals surface area contributed by atoms with Gasteiger partial charge in [0.1, 0.15) is 5.69 Å². The minimum absolute atomic E-state index is 0.202. The number of carboxylic acid groups (broad SMARTS) is 1. The van der Waals surface area contributed by atoms with E-state index in [0.717, 1.165) is 11.1 Å². The number of aromatic amines is 1. The van der Waals surface area contributed by atoms with Crippen molar-refractivity contribution in [1.82, 2.24) is 4.98 Å². The zero-order valence-corrected chi connectivity index (χ0v) is 8.55. The molecule has 0 atom stereocenters. The number of hydrogen-bond acceptors (Lipinski definition) is 1. The maximum absolute atomic E-state index is 10.6. The molecule has 0 aliphatic heterocycles. The highest BCUT2D eigenvalue weighted by Gasteiger charge is 2.03. The number of benzene rings is 1. The Balaban J connectivity index is 2.15. The van der Waals surface area contributed by atoms with Crippen LogP contribution < -0.4 is 0 Å². The third-order valence-corrected chi connectivity index (χ3v) is 2.20. The maximum Gasteiger partial charge on any atom is 0.352 e. The highest BCUT2D eigenvalue weighted by molar-refractivity contribution is 5.87. The van der Waals surface area contributed by atoms with Gasteiger partial charge in [0.05, 0.1) is 0 Å². The summed E-state index contributed by atoms with van der Waals surface area (Å²) in [7, 11) is 0. The van der Waals surface area contributed by atoms with Crippen LogP contribution in [-0.2, 0) is 0 Å². The van der Waals surface area contributed by atoms with Gasteiger partial charge in [-0.05, 0) is 17.2 Å². The lowest BCUT2D eigenvalue weighted by Gasteiger charge is -1.89. The van der Waals surface area contributed by atoms with Crippen molar-refractivity contribution in [2.45, 2.75) is 0 Å². The number of H-pyrrole nitrogens is 1. The summed E-state index contributed by atoms with van der Waals surface area (Å²) in [6.07, 6.45) is 5.48. The molecule has 0 aliphatic rings. The number of carbonyl (C=O) groups is 1. The molecular formula is C13H11NO2. The molecule has 0 radical (unpaired) electrons. The largest absolute Gasteiger partial charge is 0.477 e. The Morgan fingerprint density at radius 1 is 1.12 bits per heavy atom. The van der Waals surface area contributed by atoms with Crippen LogP contribution in [0.15, 0.2) is 42.6 Å². The number of carboxylic acids is 1. The molecule has 0 saturated carbocycles. The average Bonchev–Trinajstić information content (AvgIpc) is 2.76. The summed E-state index contributed by atoms with van der Waals surface area (Å²) >= 11 is 0. The first-order chi connectivity index (χ1) is 7.75. The lowest BCUT2D eigenvalue weighted by atomic mass is 10.2. The van der Waals surface area contributed by atoms with Gasteiger partial charge in [0.25, 0.3) is 0 Å². The Bertz CT molecular complexity index is 512. The van der Waals surface area contributed by atoms with Crippen molar-refractivity contribution in [1.29, 1.82) is 0 Å². The summed E-state index contributed by atoms with van der Waals surface area (Å²) in [6.45, 7) is 0. The number of rotatable bonds is 3. The molecule has 3 nitrogen and oxygen atoms in total. The van der Waals surface area contributed by atoms with Crippen LogP contribution in [0.5, 0.6) is 0 Å². The van der Waals surface area contributed by atoms with Crippen molar-refractivity contribution in [2.24, 2.45) is 0 Å². The zero-order chi connectivity index (χ0) is 11.4. The smallest absolute Gasteiger partial charge is 0.352 e. The summed E-state index contributed by atoms with van der Waals surface area (Å²) in [4.78, 5) is 13.3. The fourth-order valence-electron chi connectivity index (χ4n) is 1.39. The second kappa shape index (κ2) is 4.49. The number of nitrogens with one attached hydrogen (secondary N) is 1. The SMILES string of the molecule is O=C(O)c1cc(C=Cc2ccccc2)c[nH]1. The van der Waals surface area contributed by atoms with Gasteiger partial charge in [-0.25, -0.2) is 4.79 Å². The van der Waals surface area contributed by atoms with Crippen LogP contribution in [0.1, 0.15) is 21.6 Å². The molecule has 0 amide bonds. The van der Waals surface area contributed by atoms with Crippen LogP contribution >= 0.6 is 0 Å². The predicted octanol–water partition coefficient (Wildman–Crippen LogP) is 2.88. The second-order valence-electron chi connectivity index (χ2n) is 3.40. The molecule has 16 heavy (non-hydrogen) atoms. The molecule has 80 valence electrons. The van der Waals surface area contributed by atoms with E-state index in [9.17, 15) is 4.79 Å². The van der Waals surface area contributed by atoms with Crippen molar-refractivity contribution in [3.63, 3.8) is 0 Å². The quantitative estimate of drug-likeness (QED) is 0.823. The number of aromatic carboxylic acids is 1. The maximum atomic E-state index is 10.6. The zero-order valence-electron chi connectivity index (χ0n) is 8.55. The first kappa shape index (κ1) is 10.2. The van der Waals surface area contributed by atoms with E-state index in [1.807, 2.05) is 42.5 Å². The number of hydrogen-bond donors (Lipinski definition) is 2. The molecular weight excluding hydrogens is 202 g/mol. The predicted molar refractivity (Wildman–Crippen MR) is 63.1 cm³/mol. The first-order valence-electron chi connectivity index (χ1n) is 4.90. The molecule has 2 rings (SSSR count). The molecule has 0 fully saturated rings. The number of aromatic nitrogens is 1. The highest BCUT2D eigenvalue weighted by Crippen LogP contribution is 2.09. The normalized spacial score (nSPS) is 10.8. The third kappa shape index (κ3) is 2.39. The van der Waals surface area contributed by atoms with Gasteiger partial charge in [0.15, 0.2) is 0 Å². The lowest BCUT2D eigenvalue weighted by molar-refractivity contribution is 0.0691. The Morgan fingerprint density at radius 2 is 1.81 bits per heavy atom. The van der Waals surface area contributed by atoms with Gasteiger partial charge < -0.3 is 10.1 Å². The summed E-state index contributed by atoms with van der Waals surface area (Å²) in [5.74, 6) is -0.945. The molecule has 1 aromatic heterocycles. The minimum Gasteiger partial charge on any atom is -0.477 e. The fraction of sp³-hybridized carbons (Fsp3) is 0. The van der Waals surface area contributed by atoms with Gasteiger partial charge in [-0.1, -0.05) is 42.5 Å². The molecule has 0 saturated heterocycles. The molecule has 3 heteroatoms. The minimum atomic E-state index is -0.945. The van der Waals surface area contributed by atoms with E-state index >= 15 is 0 Å². The van der Waals surface area contributed by atoms with Crippen LogP contribution in [0.4, 0.5) is 0 Å².